The van der Waals surface area contributed by atoms with Crippen LogP contribution in [0.5, 0.6) is 5.75 Å². The molecule has 5 nitrogen and oxygen atoms in total. The zero-order valence-electron chi connectivity index (χ0n) is 12.1. The fourth-order valence-corrected chi connectivity index (χ4v) is 2.61. The SMILES string of the molecule is COCC1(C(=O)NCc2ccccc2OC)CCNC1. The second-order valence-electron chi connectivity index (χ2n) is 5.13. The first-order valence-electron chi connectivity index (χ1n) is 6.82. The minimum absolute atomic E-state index is 0.0373. The van der Waals surface area contributed by atoms with Crippen LogP contribution in [0.1, 0.15) is 12.0 Å². The average Bonchev–Trinajstić information content (AvgIpc) is 2.95. The monoisotopic (exact) mass is 278 g/mol. The van der Waals surface area contributed by atoms with Crippen LogP contribution in [-0.4, -0.2) is 39.8 Å². The van der Waals surface area contributed by atoms with Crippen LogP contribution >= 0.6 is 0 Å². The molecule has 1 aromatic carbocycles. The summed E-state index contributed by atoms with van der Waals surface area (Å²) in [5.41, 5.74) is 0.526. The van der Waals surface area contributed by atoms with Crippen LogP contribution in [0.15, 0.2) is 24.3 Å². The molecule has 0 aromatic heterocycles. The van der Waals surface area contributed by atoms with E-state index >= 15 is 0 Å². The number of ether oxygens (including phenoxy) is 2. The highest BCUT2D eigenvalue weighted by atomic mass is 16.5. The molecular formula is C15H22N2O3. The number of benzene rings is 1. The van der Waals surface area contributed by atoms with Crippen molar-refractivity contribution in [1.29, 1.82) is 0 Å². The Balaban J connectivity index is 2.00. The number of nitrogens with one attached hydrogen (secondary N) is 2. The summed E-state index contributed by atoms with van der Waals surface area (Å²) in [5, 5.41) is 6.24. The van der Waals surface area contributed by atoms with Crippen molar-refractivity contribution in [3.63, 3.8) is 0 Å². The van der Waals surface area contributed by atoms with E-state index in [9.17, 15) is 4.79 Å². The molecule has 0 saturated carbocycles. The van der Waals surface area contributed by atoms with Crippen LogP contribution in [0, 0.1) is 5.41 Å². The molecule has 2 rings (SSSR count). The quantitative estimate of drug-likeness (QED) is 0.813. The van der Waals surface area contributed by atoms with Gasteiger partial charge in [0.05, 0.1) is 19.1 Å². The van der Waals surface area contributed by atoms with E-state index in [1.165, 1.54) is 0 Å². The van der Waals surface area contributed by atoms with Gasteiger partial charge in [-0.05, 0) is 19.0 Å². The molecule has 1 fully saturated rings. The Kier molecular flexibility index (Phi) is 4.98. The fourth-order valence-electron chi connectivity index (χ4n) is 2.61. The summed E-state index contributed by atoms with van der Waals surface area (Å²) in [4.78, 5) is 12.5. The second kappa shape index (κ2) is 6.72. The van der Waals surface area contributed by atoms with E-state index in [1.807, 2.05) is 24.3 Å². The van der Waals surface area contributed by atoms with Crippen LogP contribution in [0.3, 0.4) is 0 Å². The van der Waals surface area contributed by atoms with Gasteiger partial charge in [0.1, 0.15) is 5.75 Å². The highest BCUT2D eigenvalue weighted by Crippen LogP contribution is 2.26. The third-order valence-corrected chi connectivity index (χ3v) is 3.78. The molecule has 0 radical (unpaired) electrons. The van der Waals surface area contributed by atoms with Gasteiger partial charge < -0.3 is 20.1 Å². The highest BCUT2D eigenvalue weighted by molar-refractivity contribution is 5.83. The summed E-state index contributed by atoms with van der Waals surface area (Å²) < 4.78 is 10.5. The lowest BCUT2D eigenvalue weighted by atomic mass is 9.87. The van der Waals surface area contributed by atoms with Crippen molar-refractivity contribution in [3.05, 3.63) is 29.8 Å². The van der Waals surface area contributed by atoms with Gasteiger partial charge in [-0.15, -0.1) is 0 Å². The zero-order valence-corrected chi connectivity index (χ0v) is 12.1. The second-order valence-corrected chi connectivity index (χ2v) is 5.13. The first-order valence-corrected chi connectivity index (χ1v) is 6.82. The Hall–Kier alpha value is -1.59. The van der Waals surface area contributed by atoms with E-state index in [0.29, 0.717) is 19.7 Å². The van der Waals surface area contributed by atoms with Crippen LogP contribution < -0.4 is 15.4 Å². The summed E-state index contributed by atoms with van der Waals surface area (Å²) in [7, 11) is 3.27. The summed E-state index contributed by atoms with van der Waals surface area (Å²) >= 11 is 0. The number of carbonyl (C=O) groups excluding carboxylic acids is 1. The Morgan fingerprint density at radius 3 is 2.85 bits per heavy atom. The standard InChI is InChI=1S/C15H22N2O3/c1-19-11-15(7-8-16-10-15)14(18)17-9-12-5-3-4-6-13(12)20-2/h3-6,16H,7-11H2,1-2H3,(H,17,18). The van der Waals surface area contributed by atoms with Crippen LogP contribution in [0.25, 0.3) is 0 Å². The van der Waals surface area contributed by atoms with Crippen molar-refractivity contribution in [2.24, 2.45) is 5.41 Å². The normalized spacial score (nSPS) is 21.7. The molecule has 2 N–H and O–H groups in total. The van der Waals surface area contributed by atoms with Gasteiger partial charge in [0.15, 0.2) is 0 Å². The smallest absolute Gasteiger partial charge is 0.230 e. The van der Waals surface area contributed by atoms with Crippen LogP contribution in [0.2, 0.25) is 0 Å². The molecular weight excluding hydrogens is 256 g/mol. The van der Waals surface area contributed by atoms with Gasteiger partial charge in [-0.3, -0.25) is 4.79 Å². The Morgan fingerprint density at radius 1 is 1.40 bits per heavy atom. The molecule has 20 heavy (non-hydrogen) atoms. The number of hydrogen-bond donors (Lipinski definition) is 2. The maximum absolute atomic E-state index is 12.5. The van der Waals surface area contributed by atoms with Gasteiger partial charge in [-0.1, -0.05) is 18.2 Å². The fraction of sp³-hybridized carbons (Fsp3) is 0.533. The molecule has 1 amide bonds. The van der Waals surface area contributed by atoms with E-state index in [0.717, 1.165) is 24.3 Å². The lowest BCUT2D eigenvalue weighted by Gasteiger charge is -2.26. The zero-order chi connectivity index (χ0) is 14.4. The van der Waals surface area contributed by atoms with Crippen molar-refractivity contribution in [3.8, 4) is 5.75 Å². The number of amides is 1. The largest absolute Gasteiger partial charge is 0.496 e. The minimum atomic E-state index is -0.448. The number of rotatable bonds is 6. The van der Waals surface area contributed by atoms with E-state index in [1.54, 1.807) is 14.2 Å². The first-order chi connectivity index (χ1) is 9.72. The Labute approximate surface area is 119 Å². The van der Waals surface area contributed by atoms with Gasteiger partial charge in [0.25, 0.3) is 0 Å². The van der Waals surface area contributed by atoms with Gasteiger partial charge in [-0.25, -0.2) is 0 Å². The topological polar surface area (TPSA) is 59.6 Å². The van der Waals surface area contributed by atoms with Crippen molar-refractivity contribution >= 4 is 5.91 Å². The first kappa shape index (κ1) is 14.8. The molecule has 1 aliphatic rings. The Bertz CT molecular complexity index is 456. The summed E-state index contributed by atoms with van der Waals surface area (Å²) in [6.45, 7) is 2.43. The molecule has 1 saturated heterocycles. The molecule has 0 aliphatic carbocycles. The van der Waals surface area contributed by atoms with Gasteiger partial charge in [0.2, 0.25) is 5.91 Å². The van der Waals surface area contributed by atoms with Gasteiger partial charge >= 0.3 is 0 Å². The molecule has 1 heterocycles. The molecule has 1 unspecified atom stereocenters. The molecule has 1 atom stereocenters. The molecule has 110 valence electrons. The van der Waals surface area contributed by atoms with Crippen molar-refractivity contribution in [2.75, 3.05) is 33.9 Å². The number of methoxy groups -OCH3 is 2. The summed E-state index contributed by atoms with van der Waals surface area (Å²) in [5.74, 6) is 0.827. The highest BCUT2D eigenvalue weighted by Gasteiger charge is 2.41. The van der Waals surface area contributed by atoms with Crippen LogP contribution in [0.4, 0.5) is 0 Å². The molecule has 1 aromatic rings. The predicted octanol–water partition coefficient (Wildman–Crippen LogP) is 0.937. The number of carbonyl (C=O) groups is 1. The van der Waals surface area contributed by atoms with Gasteiger partial charge in [-0.2, -0.15) is 0 Å². The van der Waals surface area contributed by atoms with E-state index in [2.05, 4.69) is 10.6 Å². The van der Waals surface area contributed by atoms with E-state index < -0.39 is 5.41 Å². The summed E-state index contributed by atoms with van der Waals surface area (Å²) in [6, 6.07) is 7.70. The third kappa shape index (κ3) is 3.11. The van der Waals surface area contributed by atoms with E-state index in [4.69, 9.17) is 9.47 Å². The lowest BCUT2D eigenvalue weighted by molar-refractivity contribution is -0.133. The molecule has 5 heteroatoms. The lowest BCUT2D eigenvalue weighted by Crippen LogP contribution is -2.45. The van der Waals surface area contributed by atoms with Crippen LogP contribution in [-0.2, 0) is 16.1 Å². The average molecular weight is 278 g/mol. The van der Waals surface area contributed by atoms with E-state index in [-0.39, 0.29) is 5.91 Å². The number of hydrogen-bond acceptors (Lipinski definition) is 4. The Morgan fingerprint density at radius 2 is 2.20 bits per heavy atom. The maximum atomic E-state index is 12.5. The maximum Gasteiger partial charge on any atom is 0.230 e. The predicted molar refractivity (Wildman–Crippen MR) is 76.6 cm³/mol. The molecule has 0 spiro atoms. The summed E-state index contributed by atoms with van der Waals surface area (Å²) in [6.07, 6.45) is 0.804. The third-order valence-electron chi connectivity index (χ3n) is 3.78. The van der Waals surface area contributed by atoms with Crippen molar-refractivity contribution < 1.29 is 14.3 Å². The van der Waals surface area contributed by atoms with Crippen molar-refractivity contribution in [2.45, 2.75) is 13.0 Å². The molecule has 1 aliphatic heterocycles. The molecule has 0 bridgehead atoms. The van der Waals surface area contributed by atoms with Crippen molar-refractivity contribution in [1.82, 2.24) is 10.6 Å². The van der Waals surface area contributed by atoms with Gasteiger partial charge in [0, 0.05) is 25.8 Å². The minimum Gasteiger partial charge on any atom is -0.496 e. The number of para-hydroxylation sites is 1.